The lowest BCUT2D eigenvalue weighted by Crippen LogP contribution is -2.08. The minimum Gasteiger partial charge on any atom is -0.439 e. The van der Waals surface area contributed by atoms with Crippen molar-refractivity contribution >= 4 is 11.6 Å². The molecular formula is C14H12ClF3N2O. The third kappa shape index (κ3) is 4.09. The van der Waals surface area contributed by atoms with Crippen molar-refractivity contribution in [2.75, 3.05) is 7.05 Å². The smallest absolute Gasteiger partial charge is 0.416 e. The van der Waals surface area contributed by atoms with Gasteiger partial charge >= 0.3 is 6.18 Å². The summed E-state index contributed by atoms with van der Waals surface area (Å²) in [4.78, 5) is 4.15. The van der Waals surface area contributed by atoms with E-state index in [4.69, 9.17) is 16.3 Å². The van der Waals surface area contributed by atoms with Gasteiger partial charge in [-0.2, -0.15) is 13.2 Å². The second kappa shape index (κ2) is 6.32. The normalized spacial score (nSPS) is 11.5. The van der Waals surface area contributed by atoms with Crippen LogP contribution in [-0.4, -0.2) is 12.0 Å². The first-order valence-electron chi connectivity index (χ1n) is 6.05. The molecule has 0 aliphatic carbocycles. The van der Waals surface area contributed by atoms with E-state index in [1.807, 2.05) is 0 Å². The summed E-state index contributed by atoms with van der Waals surface area (Å²) in [5.74, 6) is 0.249. The second-order valence-corrected chi connectivity index (χ2v) is 4.64. The molecule has 0 atom stereocenters. The summed E-state index contributed by atoms with van der Waals surface area (Å²) in [7, 11) is 1.73. The van der Waals surface area contributed by atoms with Crippen molar-refractivity contribution < 1.29 is 17.9 Å². The van der Waals surface area contributed by atoms with Crippen molar-refractivity contribution in [2.45, 2.75) is 12.7 Å². The summed E-state index contributed by atoms with van der Waals surface area (Å²) in [5.41, 5.74) is -0.215. The zero-order valence-corrected chi connectivity index (χ0v) is 11.8. The number of ether oxygens (including phenoxy) is 1. The summed E-state index contributed by atoms with van der Waals surface area (Å²) in [6.07, 6.45) is -4.41. The van der Waals surface area contributed by atoms with E-state index < -0.39 is 11.7 Å². The molecule has 0 bridgehead atoms. The van der Waals surface area contributed by atoms with E-state index in [9.17, 15) is 13.2 Å². The van der Waals surface area contributed by atoms with Crippen LogP contribution < -0.4 is 10.1 Å². The van der Waals surface area contributed by atoms with Crippen LogP contribution in [0, 0.1) is 0 Å². The third-order valence-electron chi connectivity index (χ3n) is 2.62. The van der Waals surface area contributed by atoms with Crippen molar-refractivity contribution in [1.29, 1.82) is 0 Å². The van der Waals surface area contributed by atoms with Crippen LogP contribution in [0.2, 0.25) is 5.02 Å². The van der Waals surface area contributed by atoms with Crippen LogP contribution in [0.4, 0.5) is 13.2 Å². The number of hydrogen-bond acceptors (Lipinski definition) is 3. The molecule has 0 aliphatic rings. The molecule has 1 heterocycles. The van der Waals surface area contributed by atoms with E-state index in [-0.39, 0.29) is 11.6 Å². The number of hydrogen-bond donors (Lipinski definition) is 1. The van der Waals surface area contributed by atoms with E-state index in [1.54, 1.807) is 13.1 Å². The molecule has 1 aromatic heterocycles. The van der Waals surface area contributed by atoms with Gasteiger partial charge in [0, 0.05) is 12.6 Å². The topological polar surface area (TPSA) is 34.2 Å². The maximum Gasteiger partial charge on any atom is 0.416 e. The number of nitrogens with zero attached hydrogens (tertiary/aromatic N) is 1. The van der Waals surface area contributed by atoms with Crippen LogP contribution >= 0.6 is 11.6 Å². The average molecular weight is 317 g/mol. The van der Waals surface area contributed by atoms with Gasteiger partial charge < -0.3 is 10.1 Å². The highest BCUT2D eigenvalue weighted by molar-refractivity contribution is 6.31. The number of rotatable bonds is 4. The predicted molar refractivity (Wildman–Crippen MR) is 73.5 cm³/mol. The lowest BCUT2D eigenvalue weighted by molar-refractivity contribution is -0.137. The molecule has 2 aromatic rings. The monoisotopic (exact) mass is 316 g/mol. The molecule has 1 aromatic carbocycles. The van der Waals surface area contributed by atoms with E-state index in [1.165, 1.54) is 18.2 Å². The van der Waals surface area contributed by atoms with Crippen molar-refractivity contribution in [3.63, 3.8) is 0 Å². The Labute approximate surface area is 124 Å². The summed E-state index contributed by atoms with van der Waals surface area (Å²) < 4.78 is 43.2. The molecule has 0 radical (unpaired) electrons. The fourth-order valence-electron chi connectivity index (χ4n) is 1.67. The van der Waals surface area contributed by atoms with Crippen LogP contribution in [0.25, 0.3) is 0 Å². The maximum absolute atomic E-state index is 12.6. The summed E-state index contributed by atoms with van der Waals surface area (Å²) in [5, 5.41) is 3.35. The maximum atomic E-state index is 12.6. The standard InChI is InChI=1S/C14H12ClF3N2O/c1-19-8-12-11(15)5-6-13(20-12)21-10-4-2-3-9(7-10)14(16,17)18/h2-7,19H,8H2,1H3. The van der Waals surface area contributed by atoms with Gasteiger partial charge in [-0.15, -0.1) is 0 Å². The summed E-state index contributed by atoms with van der Waals surface area (Å²) in [6.45, 7) is 0.429. The number of nitrogens with one attached hydrogen (secondary N) is 1. The van der Waals surface area contributed by atoms with Gasteiger partial charge in [0.2, 0.25) is 5.88 Å². The van der Waals surface area contributed by atoms with Gasteiger partial charge in [0.1, 0.15) is 5.75 Å². The summed E-state index contributed by atoms with van der Waals surface area (Å²) in [6, 6.07) is 7.71. The molecule has 21 heavy (non-hydrogen) atoms. The van der Waals surface area contributed by atoms with Crippen molar-refractivity contribution in [3.05, 3.63) is 52.7 Å². The van der Waals surface area contributed by atoms with Gasteiger partial charge in [-0.05, 0) is 31.3 Å². The Balaban J connectivity index is 2.24. The fourth-order valence-corrected chi connectivity index (χ4v) is 1.84. The van der Waals surface area contributed by atoms with Gasteiger partial charge in [-0.3, -0.25) is 0 Å². The van der Waals surface area contributed by atoms with Crippen LogP contribution in [0.1, 0.15) is 11.3 Å². The first-order chi connectivity index (χ1) is 9.90. The molecule has 112 valence electrons. The molecule has 2 rings (SSSR count). The Kier molecular flexibility index (Phi) is 4.69. The predicted octanol–water partition coefficient (Wildman–Crippen LogP) is 4.27. The molecule has 0 aliphatic heterocycles. The van der Waals surface area contributed by atoms with Crippen LogP contribution in [0.15, 0.2) is 36.4 Å². The van der Waals surface area contributed by atoms with E-state index >= 15 is 0 Å². The quantitative estimate of drug-likeness (QED) is 0.915. The van der Waals surface area contributed by atoms with E-state index in [0.29, 0.717) is 17.3 Å². The molecule has 3 nitrogen and oxygen atoms in total. The fraction of sp³-hybridized carbons (Fsp3) is 0.214. The Morgan fingerprint density at radius 1 is 1.24 bits per heavy atom. The summed E-state index contributed by atoms with van der Waals surface area (Å²) >= 11 is 5.96. The number of benzene rings is 1. The number of pyridine rings is 1. The molecule has 0 spiro atoms. The first-order valence-corrected chi connectivity index (χ1v) is 6.43. The minimum atomic E-state index is -4.41. The van der Waals surface area contributed by atoms with Gasteiger partial charge in [-0.25, -0.2) is 4.98 Å². The Bertz CT molecular complexity index is 632. The molecule has 0 fully saturated rings. The molecular weight excluding hydrogens is 305 g/mol. The van der Waals surface area contributed by atoms with Crippen LogP contribution in [-0.2, 0) is 12.7 Å². The number of alkyl halides is 3. The molecule has 1 N–H and O–H groups in total. The molecule has 0 amide bonds. The highest BCUT2D eigenvalue weighted by Crippen LogP contribution is 2.32. The Morgan fingerprint density at radius 3 is 2.67 bits per heavy atom. The van der Waals surface area contributed by atoms with Crippen LogP contribution in [0.3, 0.4) is 0 Å². The van der Waals surface area contributed by atoms with E-state index in [0.717, 1.165) is 12.1 Å². The lowest BCUT2D eigenvalue weighted by atomic mass is 10.2. The highest BCUT2D eigenvalue weighted by Gasteiger charge is 2.30. The second-order valence-electron chi connectivity index (χ2n) is 4.24. The molecule has 0 saturated heterocycles. The average Bonchev–Trinajstić information content (AvgIpc) is 2.42. The molecule has 0 unspecified atom stereocenters. The van der Waals surface area contributed by atoms with Gasteiger partial charge in [-0.1, -0.05) is 17.7 Å². The van der Waals surface area contributed by atoms with Gasteiger partial charge in [0.25, 0.3) is 0 Å². The third-order valence-corrected chi connectivity index (χ3v) is 2.97. The Morgan fingerprint density at radius 2 is 2.00 bits per heavy atom. The van der Waals surface area contributed by atoms with Crippen LogP contribution in [0.5, 0.6) is 11.6 Å². The number of aromatic nitrogens is 1. The van der Waals surface area contributed by atoms with Crippen molar-refractivity contribution in [1.82, 2.24) is 10.3 Å². The minimum absolute atomic E-state index is 0.0649. The van der Waals surface area contributed by atoms with Gasteiger partial charge in [0.15, 0.2) is 0 Å². The SMILES string of the molecule is CNCc1nc(Oc2cccc(C(F)(F)F)c2)ccc1Cl. The first kappa shape index (κ1) is 15.6. The van der Waals surface area contributed by atoms with Crippen molar-refractivity contribution in [2.24, 2.45) is 0 Å². The largest absolute Gasteiger partial charge is 0.439 e. The Hall–Kier alpha value is -1.79. The van der Waals surface area contributed by atoms with E-state index in [2.05, 4.69) is 10.3 Å². The highest BCUT2D eigenvalue weighted by atomic mass is 35.5. The molecule has 7 heteroatoms. The number of halogens is 4. The zero-order chi connectivity index (χ0) is 15.5. The van der Waals surface area contributed by atoms with Crippen molar-refractivity contribution in [3.8, 4) is 11.6 Å². The zero-order valence-electron chi connectivity index (χ0n) is 11.0. The lowest BCUT2D eigenvalue weighted by Gasteiger charge is -2.10. The van der Waals surface area contributed by atoms with Gasteiger partial charge in [0.05, 0.1) is 16.3 Å². The molecule has 0 saturated carbocycles.